The third-order valence-corrected chi connectivity index (χ3v) is 2.93. The highest BCUT2D eigenvalue weighted by molar-refractivity contribution is 6.04. The Morgan fingerprint density at radius 3 is 2.65 bits per heavy atom. The Balaban J connectivity index is 2.28. The molecule has 7 nitrogen and oxygen atoms in total. The molecule has 0 saturated carbocycles. The number of carbonyl (C=O) groups is 1. The van der Waals surface area contributed by atoms with Gasteiger partial charge in [-0.15, -0.1) is 0 Å². The maximum absolute atomic E-state index is 12.1. The van der Waals surface area contributed by atoms with Crippen LogP contribution in [0, 0.1) is 24.0 Å². The summed E-state index contributed by atoms with van der Waals surface area (Å²) in [5, 5.41) is 17.7. The first-order valence-electron chi connectivity index (χ1n) is 5.95. The van der Waals surface area contributed by atoms with Crippen LogP contribution in [0.2, 0.25) is 0 Å². The number of anilines is 1. The van der Waals surface area contributed by atoms with Gasteiger partial charge >= 0.3 is 0 Å². The normalized spacial score (nSPS) is 10.3. The van der Waals surface area contributed by atoms with Crippen LogP contribution >= 0.6 is 0 Å². The molecule has 1 amide bonds. The molecule has 104 valence electrons. The van der Waals surface area contributed by atoms with Crippen LogP contribution in [0.1, 0.15) is 21.6 Å². The molecule has 7 heteroatoms. The third-order valence-electron chi connectivity index (χ3n) is 2.93. The van der Waals surface area contributed by atoms with E-state index in [1.54, 1.807) is 43.9 Å². The van der Waals surface area contributed by atoms with Crippen molar-refractivity contribution < 1.29 is 9.72 Å². The third kappa shape index (κ3) is 2.66. The van der Waals surface area contributed by atoms with Crippen molar-refractivity contribution in [1.82, 2.24) is 9.78 Å². The highest BCUT2D eigenvalue weighted by Crippen LogP contribution is 2.20. The number of hydrogen-bond donors (Lipinski definition) is 1. The van der Waals surface area contributed by atoms with Crippen molar-refractivity contribution >= 4 is 17.3 Å². The lowest BCUT2D eigenvalue weighted by Gasteiger charge is -2.04. The van der Waals surface area contributed by atoms with Crippen molar-refractivity contribution in [3.63, 3.8) is 0 Å². The molecule has 0 aliphatic carbocycles. The summed E-state index contributed by atoms with van der Waals surface area (Å²) in [6.07, 6.45) is 1.68. The van der Waals surface area contributed by atoms with E-state index in [0.29, 0.717) is 16.9 Å². The highest BCUT2D eigenvalue weighted by atomic mass is 16.6. The van der Waals surface area contributed by atoms with Gasteiger partial charge in [0.05, 0.1) is 16.3 Å². The minimum absolute atomic E-state index is 0.0689. The Bertz CT molecular complexity index is 691. The zero-order chi connectivity index (χ0) is 14.9. The maximum atomic E-state index is 12.1. The molecular weight excluding hydrogens is 260 g/mol. The first-order chi connectivity index (χ1) is 9.38. The zero-order valence-electron chi connectivity index (χ0n) is 11.4. The average molecular weight is 274 g/mol. The van der Waals surface area contributed by atoms with Gasteiger partial charge in [0, 0.05) is 30.4 Å². The second kappa shape index (κ2) is 5.12. The van der Waals surface area contributed by atoms with Crippen molar-refractivity contribution in [1.29, 1.82) is 0 Å². The molecule has 2 rings (SSSR count). The molecule has 0 aliphatic rings. The van der Waals surface area contributed by atoms with E-state index in [-0.39, 0.29) is 11.3 Å². The van der Waals surface area contributed by atoms with Crippen molar-refractivity contribution in [2.24, 2.45) is 7.05 Å². The predicted octanol–water partition coefficient (Wildman–Crippen LogP) is 2.20. The number of aryl methyl sites for hydroxylation is 3. The molecule has 1 aromatic heterocycles. The van der Waals surface area contributed by atoms with Gasteiger partial charge in [-0.1, -0.05) is 6.07 Å². The molecule has 0 saturated heterocycles. The first kappa shape index (κ1) is 13.7. The monoisotopic (exact) mass is 274 g/mol. The largest absolute Gasteiger partial charge is 0.319 e. The van der Waals surface area contributed by atoms with E-state index in [1.165, 1.54) is 6.07 Å². The summed E-state index contributed by atoms with van der Waals surface area (Å²) in [5.74, 6) is -0.399. The van der Waals surface area contributed by atoms with Crippen LogP contribution in [0.3, 0.4) is 0 Å². The Morgan fingerprint density at radius 2 is 2.10 bits per heavy atom. The lowest BCUT2D eigenvalue weighted by molar-refractivity contribution is -0.385. The number of nitro groups is 1. The minimum atomic E-state index is -0.499. The molecule has 0 radical (unpaired) electrons. The quantitative estimate of drug-likeness (QED) is 0.686. The number of amides is 1. The average Bonchev–Trinajstić information content (AvgIpc) is 2.67. The van der Waals surface area contributed by atoms with Crippen LogP contribution in [0.4, 0.5) is 11.4 Å². The summed E-state index contributed by atoms with van der Waals surface area (Å²) in [6, 6.07) is 4.39. The zero-order valence-corrected chi connectivity index (χ0v) is 11.4. The van der Waals surface area contributed by atoms with Gasteiger partial charge < -0.3 is 5.32 Å². The number of benzene rings is 1. The number of carbonyl (C=O) groups excluding carboxylic acids is 1. The number of nitro benzene ring substituents is 1. The minimum Gasteiger partial charge on any atom is -0.319 e. The van der Waals surface area contributed by atoms with Crippen LogP contribution in [0.25, 0.3) is 0 Å². The molecule has 1 aromatic carbocycles. The smallest absolute Gasteiger partial charge is 0.273 e. The van der Waals surface area contributed by atoms with E-state index in [4.69, 9.17) is 0 Å². The van der Waals surface area contributed by atoms with Crippen LogP contribution in [-0.4, -0.2) is 20.6 Å². The van der Waals surface area contributed by atoms with E-state index >= 15 is 0 Å². The summed E-state index contributed by atoms with van der Waals surface area (Å²) >= 11 is 0. The summed E-state index contributed by atoms with van der Waals surface area (Å²) in [6.45, 7) is 3.40. The lowest BCUT2D eigenvalue weighted by atomic mass is 10.1. The maximum Gasteiger partial charge on any atom is 0.273 e. The number of aromatic nitrogens is 2. The van der Waals surface area contributed by atoms with Gasteiger partial charge in [0.1, 0.15) is 0 Å². The first-order valence-corrected chi connectivity index (χ1v) is 5.95. The van der Waals surface area contributed by atoms with Gasteiger partial charge in [-0.25, -0.2) is 0 Å². The Kier molecular flexibility index (Phi) is 3.51. The highest BCUT2D eigenvalue weighted by Gasteiger charge is 2.16. The molecule has 2 aromatic rings. The van der Waals surface area contributed by atoms with Crippen molar-refractivity contribution in [2.45, 2.75) is 13.8 Å². The second-order valence-corrected chi connectivity index (χ2v) is 4.51. The van der Waals surface area contributed by atoms with Gasteiger partial charge in [0.2, 0.25) is 0 Å². The van der Waals surface area contributed by atoms with Crippen molar-refractivity contribution in [3.05, 3.63) is 51.3 Å². The standard InChI is InChI=1S/C13H14N4O3/c1-8-4-5-10(6-12(8)17(19)20)13(18)14-11-7-16(3)15-9(11)2/h4-7H,1-3H3,(H,14,18). The second-order valence-electron chi connectivity index (χ2n) is 4.51. The van der Waals surface area contributed by atoms with Crippen LogP contribution in [0.5, 0.6) is 0 Å². The summed E-state index contributed by atoms with van der Waals surface area (Å²) in [5.41, 5.74) is 1.96. The Morgan fingerprint density at radius 1 is 1.40 bits per heavy atom. The fourth-order valence-electron chi connectivity index (χ4n) is 1.86. The van der Waals surface area contributed by atoms with Gasteiger partial charge in [0.15, 0.2) is 0 Å². The number of hydrogen-bond acceptors (Lipinski definition) is 4. The summed E-state index contributed by atoms with van der Waals surface area (Å²) < 4.78 is 1.59. The van der Waals surface area contributed by atoms with Crippen LogP contribution in [-0.2, 0) is 7.05 Å². The number of rotatable bonds is 3. The molecule has 0 unspecified atom stereocenters. The lowest BCUT2D eigenvalue weighted by Crippen LogP contribution is -2.12. The van der Waals surface area contributed by atoms with E-state index in [2.05, 4.69) is 10.4 Å². The Labute approximate surface area is 115 Å². The van der Waals surface area contributed by atoms with Gasteiger partial charge in [-0.2, -0.15) is 5.10 Å². The predicted molar refractivity (Wildman–Crippen MR) is 73.7 cm³/mol. The molecular formula is C13H14N4O3. The van der Waals surface area contributed by atoms with E-state index < -0.39 is 10.8 Å². The van der Waals surface area contributed by atoms with E-state index in [9.17, 15) is 14.9 Å². The van der Waals surface area contributed by atoms with E-state index in [0.717, 1.165) is 0 Å². The van der Waals surface area contributed by atoms with Crippen molar-refractivity contribution in [3.8, 4) is 0 Å². The van der Waals surface area contributed by atoms with Gasteiger partial charge in [-0.05, 0) is 19.9 Å². The fraction of sp³-hybridized carbons (Fsp3) is 0.231. The molecule has 0 bridgehead atoms. The van der Waals surface area contributed by atoms with Crippen LogP contribution < -0.4 is 5.32 Å². The Hall–Kier alpha value is -2.70. The summed E-state index contributed by atoms with van der Waals surface area (Å²) in [7, 11) is 1.75. The number of nitrogens with zero attached hydrogens (tertiary/aromatic N) is 3. The molecule has 1 N–H and O–H groups in total. The summed E-state index contributed by atoms with van der Waals surface area (Å²) in [4.78, 5) is 22.5. The molecule has 1 heterocycles. The van der Waals surface area contributed by atoms with Gasteiger partial charge in [0.25, 0.3) is 11.6 Å². The van der Waals surface area contributed by atoms with Crippen molar-refractivity contribution in [2.75, 3.05) is 5.32 Å². The molecule has 0 atom stereocenters. The van der Waals surface area contributed by atoms with Gasteiger partial charge in [-0.3, -0.25) is 19.6 Å². The number of nitrogens with one attached hydrogen (secondary N) is 1. The molecule has 0 spiro atoms. The molecule has 20 heavy (non-hydrogen) atoms. The fourth-order valence-corrected chi connectivity index (χ4v) is 1.86. The van der Waals surface area contributed by atoms with Crippen LogP contribution in [0.15, 0.2) is 24.4 Å². The SMILES string of the molecule is Cc1ccc(C(=O)Nc2cn(C)nc2C)cc1[N+](=O)[O-]. The molecule has 0 aliphatic heterocycles. The molecule has 0 fully saturated rings. The topological polar surface area (TPSA) is 90.1 Å². The van der Waals surface area contributed by atoms with E-state index in [1.807, 2.05) is 0 Å².